The Hall–Kier alpha value is -1.49. The SMILES string of the molecule is C/C(=N\OC(=O)C1CCN(C)CC1)[C@H]1CC[C@H]2C3CCC4=CC(=O)CC[C@]4(C)[C@H]3CC[C@]12C. The number of oxime groups is 1. The highest BCUT2D eigenvalue weighted by Crippen LogP contribution is 2.66. The molecule has 1 heterocycles. The second-order valence-electron chi connectivity index (χ2n) is 12.4. The lowest BCUT2D eigenvalue weighted by molar-refractivity contribution is -0.150. The average molecular weight is 455 g/mol. The molecule has 1 unspecified atom stereocenters. The monoisotopic (exact) mass is 454 g/mol. The van der Waals surface area contributed by atoms with Gasteiger partial charge < -0.3 is 9.74 Å². The molecule has 0 N–H and O–H groups in total. The van der Waals surface area contributed by atoms with Crippen LogP contribution < -0.4 is 0 Å². The maximum Gasteiger partial charge on any atom is 0.338 e. The first-order valence-corrected chi connectivity index (χ1v) is 13.4. The lowest BCUT2D eigenvalue weighted by Gasteiger charge is -2.58. The Kier molecular flexibility index (Phi) is 6.08. The minimum absolute atomic E-state index is 0.00675. The molecule has 1 aliphatic heterocycles. The van der Waals surface area contributed by atoms with Gasteiger partial charge in [-0.2, -0.15) is 0 Å². The molecule has 0 bridgehead atoms. The van der Waals surface area contributed by atoms with Crippen LogP contribution in [0.5, 0.6) is 0 Å². The maximum absolute atomic E-state index is 12.6. The number of carbonyl (C=O) groups excluding carboxylic acids is 2. The van der Waals surface area contributed by atoms with Crippen molar-refractivity contribution in [3.05, 3.63) is 11.6 Å². The second-order valence-corrected chi connectivity index (χ2v) is 12.4. The lowest BCUT2D eigenvalue weighted by atomic mass is 9.46. The van der Waals surface area contributed by atoms with E-state index in [1.54, 1.807) is 0 Å². The van der Waals surface area contributed by atoms with Crippen molar-refractivity contribution in [2.24, 2.45) is 45.6 Å². The number of hydrogen-bond donors (Lipinski definition) is 0. The van der Waals surface area contributed by atoms with E-state index < -0.39 is 0 Å². The van der Waals surface area contributed by atoms with E-state index in [-0.39, 0.29) is 22.7 Å². The predicted octanol–water partition coefficient (Wildman–Crippen LogP) is 5.40. The first-order valence-electron chi connectivity index (χ1n) is 13.4. The van der Waals surface area contributed by atoms with Crippen molar-refractivity contribution in [2.45, 2.75) is 85.0 Å². The van der Waals surface area contributed by atoms with Gasteiger partial charge in [-0.15, -0.1) is 0 Å². The fraction of sp³-hybridized carbons (Fsp3) is 0.821. The van der Waals surface area contributed by atoms with Crippen LogP contribution in [0.15, 0.2) is 16.8 Å². The van der Waals surface area contributed by atoms with Gasteiger partial charge in [0, 0.05) is 12.3 Å². The van der Waals surface area contributed by atoms with E-state index in [0.29, 0.717) is 23.5 Å². The van der Waals surface area contributed by atoms with Crippen LogP contribution in [-0.2, 0) is 14.4 Å². The summed E-state index contributed by atoms with van der Waals surface area (Å²) >= 11 is 0. The molecule has 0 aromatic rings. The molecule has 6 atom stereocenters. The number of ketones is 1. The van der Waals surface area contributed by atoms with E-state index >= 15 is 0 Å². The van der Waals surface area contributed by atoms with Gasteiger partial charge >= 0.3 is 5.97 Å². The Balaban J connectivity index is 1.28. The number of allylic oxidation sites excluding steroid dienone is 1. The molecule has 4 aliphatic carbocycles. The smallest absolute Gasteiger partial charge is 0.318 e. The van der Waals surface area contributed by atoms with E-state index in [2.05, 4.69) is 37.9 Å². The summed E-state index contributed by atoms with van der Waals surface area (Å²) in [6, 6.07) is 0. The summed E-state index contributed by atoms with van der Waals surface area (Å²) in [6.45, 7) is 8.94. The van der Waals surface area contributed by atoms with E-state index in [4.69, 9.17) is 4.84 Å². The van der Waals surface area contributed by atoms with Crippen molar-refractivity contribution in [1.29, 1.82) is 0 Å². The quantitative estimate of drug-likeness (QED) is 0.326. The number of piperidine rings is 1. The van der Waals surface area contributed by atoms with Crippen molar-refractivity contribution in [2.75, 3.05) is 20.1 Å². The molecule has 1 saturated heterocycles. The van der Waals surface area contributed by atoms with Gasteiger partial charge in [-0.05, 0) is 120 Å². The van der Waals surface area contributed by atoms with Gasteiger partial charge in [0.15, 0.2) is 5.78 Å². The summed E-state index contributed by atoms with van der Waals surface area (Å²) < 4.78 is 0. The van der Waals surface area contributed by atoms with Crippen LogP contribution in [0.2, 0.25) is 0 Å². The molecule has 0 spiro atoms. The minimum atomic E-state index is -0.141. The van der Waals surface area contributed by atoms with Crippen molar-refractivity contribution in [3.8, 4) is 0 Å². The summed E-state index contributed by atoms with van der Waals surface area (Å²) in [7, 11) is 2.10. The fourth-order valence-corrected chi connectivity index (χ4v) is 8.75. The number of carbonyl (C=O) groups is 2. The summed E-state index contributed by atoms with van der Waals surface area (Å²) in [5.41, 5.74) is 2.93. The molecule has 5 rings (SSSR count). The lowest BCUT2D eigenvalue weighted by Crippen LogP contribution is -2.51. The third kappa shape index (κ3) is 3.92. The summed E-state index contributed by atoms with van der Waals surface area (Å²) in [6.07, 6.45) is 12.7. The van der Waals surface area contributed by atoms with Crippen LogP contribution in [0, 0.1) is 40.4 Å². The second kappa shape index (κ2) is 8.62. The van der Waals surface area contributed by atoms with Crippen LogP contribution in [0.4, 0.5) is 0 Å². The third-order valence-corrected chi connectivity index (χ3v) is 10.8. The summed E-state index contributed by atoms with van der Waals surface area (Å²) in [5, 5.41) is 4.44. The molecule has 0 aromatic heterocycles. The zero-order valence-electron chi connectivity index (χ0n) is 21.1. The number of likely N-dealkylation sites (tertiary alicyclic amines) is 1. The maximum atomic E-state index is 12.6. The zero-order chi connectivity index (χ0) is 23.4. The Bertz CT molecular complexity index is 870. The van der Waals surface area contributed by atoms with Crippen molar-refractivity contribution in [3.63, 3.8) is 0 Å². The Labute approximate surface area is 199 Å². The summed E-state index contributed by atoms with van der Waals surface area (Å²) in [5.74, 6) is 2.77. The Morgan fingerprint density at radius 2 is 1.79 bits per heavy atom. The van der Waals surface area contributed by atoms with Crippen LogP contribution in [0.1, 0.15) is 85.0 Å². The highest BCUT2D eigenvalue weighted by Gasteiger charge is 2.59. The van der Waals surface area contributed by atoms with E-state index in [1.807, 2.05) is 6.08 Å². The van der Waals surface area contributed by atoms with Gasteiger partial charge in [0.2, 0.25) is 0 Å². The van der Waals surface area contributed by atoms with Gasteiger partial charge in [0.1, 0.15) is 0 Å². The van der Waals surface area contributed by atoms with E-state index in [0.717, 1.165) is 63.2 Å². The van der Waals surface area contributed by atoms with Crippen LogP contribution in [0.25, 0.3) is 0 Å². The molecule has 3 saturated carbocycles. The van der Waals surface area contributed by atoms with Crippen LogP contribution in [-0.4, -0.2) is 42.5 Å². The molecule has 33 heavy (non-hydrogen) atoms. The number of hydrogen-bond acceptors (Lipinski definition) is 5. The average Bonchev–Trinajstić information content (AvgIpc) is 3.15. The number of fused-ring (bicyclic) bond motifs is 5. The Morgan fingerprint density at radius 3 is 2.55 bits per heavy atom. The largest absolute Gasteiger partial charge is 0.338 e. The molecule has 4 fully saturated rings. The third-order valence-electron chi connectivity index (χ3n) is 10.8. The van der Waals surface area contributed by atoms with Gasteiger partial charge in [0.25, 0.3) is 0 Å². The van der Waals surface area contributed by atoms with Crippen molar-refractivity contribution < 1.29 is 14.4 Å². The highest BCUT2D eigenvalue weighted by molar-refractivity contribution is 5.91. The van der Waals surface area contributed by atoms with Gasteiger partial charge in [0.05, 0.1) is 11.6 Å². The molecular weight excluding hydrogens is 412 g/mol. The molecule has 5 nitrogen and oxygen atoms in total. The Morgan fingerprint density at radius 1 is 1.03 bits per heavy atom. The highest BCUT2D eigenvalue weighted by atomic mass is 16.7. The molecule has 0 radical (unpaired) electrons. The van der Waals surface area contributed by atoms with E-state index in [1.165, 1.54) is 31.3 Å². The molecule has 0 amide bonds. The molecule has 182 valence electrons. The van der Waals surface area contributed by atoms with Gasteiger partial charge in [-0.1, -0.05) is 24.6 Å². The fourth-order valence-electron chi connectivity index (χ4n) is 8.75. The molecule has 5 heteroatoms. The van der Waals surface area contributed by atoms with Crippen molar-refractivity contribution >= 4 is 17.5 Å². The van der Waals surface area contributed by atoms with Crippen molar-refractivity contribution in [1.82, 2.24) is 4.90 Å². The predicted molar refractivity (Wildman–Crippen MR) is 130 cm³/mol. The van der Waals surface area contributed by atoms with Crippen LogP contribution in [0.3, 0.4) is 0 Å². The first kappa shape index (κ1) is 23.3. The van der Waals surface area contributed by atoms with Crippen LogP contribution >= 0.6 is 0 Å². The van der Waals surface area contributed by atoms with Gasteiger partial charge in [-0.25, -0.2) is 4.79 Å². The van der Waals surface area contributed by atoms with E-state index in [9.17, 15) is 9.59 Å². The normalized spacial score (nSPS) is 42.2. The molecular formula is C28H42N2O3. The molecule has 5 aliphatic rings. The first-order chi connectivity index (χ1) is 15.7. The topological polar surface area (TPSA) is 59.0 Å². The standard InChI is InChI=1S/C28H42N2O3/c1-18(29-33-26(32)19-11-15-30(4)16-12-19)23-7-8-24-22-6-5-20-17-21(31)9-13-27(20,2)25(22)10-14-28(23,24)3/h17,19,22-25H,5-16H2,1-4H3/b29-18+/t22?,23-,24+,25+,27+,28-/m1/s1. The molecule has 0 aromatic carbocycles. The minimum Gasteiger partial charge on any atom is -0.318 e. The number of rotatable bonds is 3. The summed E-state index contributed by atoms with van der Waals surface area (Å²) in [4.78, 5) is 32.4. The number of nitrogens with zero attached hydrogens (tertiary/aromatic N) is 2. The zero-order valence-corrected chi connectivity index (χ0v) is 21.1. The van der Waals surface area contributed by atoms with Gasteiger partial charge in [-0.3, -0.25) is 4.79 Å².